The third-order valence-electron chi connectivity index (χ3n) is 4.17. The van der Waals surface area contributed by atoms with E-state index >= 15 is 0 Å². The molecule has 2 aliphatic heterocycles. The highest BCUT2D eigenvalue weighted by molar-refractivity contribution is 9.10. The van der Waals surface area contributed by atoms with Gasteiger partial charge >= 0.3 is 0 Å². The average molecular weight is 377 g/mol. The summed E-state index contributed by atoms with van der Waals surface area (Å²) in [7, 11) is 0. The van der Waals surface area contributed by atoms with Crippen LogP contribution < -0.4 is 5.32 Å². The Balaban J connectivity index is 1.73. The Morgan fingerprint density at radius 2 is 2.35 bits per heavy atom. The minimum atomic E-state index is 0.113. The fourth-order valence-electron chi connectivity index (χ4n) is 2.99. The number of ether oxygens (including phenoxy) is 1. The molecule has 0 bridgehead atoms. The molecule has 2 atom stereocenters. The van der Waals surface area contributed by atoms with Gasteiger partial charge in [-0.05, 0) is 65.6 Å². The van der Waals surface area contributed by atoms with Crippen molar-refractivity contribution < 1.29 is 4.74 Å². The summed E-state index contributed by atoms with van der Waals surface area (Å²) in [6, 6.07) is 4.56. The summed E-state index contributed by atoms with van der Waals surface area (Å²) in [6.07, 6.45) is 3.34. The molecule has 0 aromatic heterocycles. The van der Waals surface area contributed by atoms with E-state index in [2.05, 4.69) is 27.3 Å². The van der Waals surface area contributed by atoms with Crippen LogP contribution >= 0.6 is 39.3 Å². The molecule has 2 fully saturated rings. The van der Waals surface area contributed by atoms with Gasteiger partial charge < -0.3 is 10.1 Å². The van der Waals surface area contributed by atoms with Gasteiger partial charge in [-0.2, -0.15) is 11.8 Å². The number of rotatable bonds is 2. The van der Waals surface area contributed by atoms with Crippen LogP contribution in [-0.2, 0) is 4.74 Å². The highest BCUT2D eigenvalue weighted by atomic mass is 79.9. The molecule has 20 heavy (non-hydrogen) atoms. The lowest BCUT2D eigenvalue weighted by molar-refractivity contribution is -0.0628. The Labute approximate surface area is 138 Å². The topological polar surface area (TPSA) is 21.3 Å². The van der Waals surface area contributed by atoms with Gasteiger partial charge in [0.1, 0.15) is 0 Å². The van der Waals surface area contributed by atoms with Crippen LogP contribution in [0.4, 0.5) is 5.69 Å². The van der Waals surface area contributed by atoms with E-state index in [0.29, 0.717) is 6.04 Å². The summed E-state index contributed by atoms with van der Waals surface area (Å²) in [5.41, 5.74) is 2.30. The average Bonchev–Trinajstić information content (AvgIpc) is 2.84. The fraction of sp³-hybridized carbons (Fsp3) is 0.600. The van der Waals surface area contributed by atoms with Crippen molar-refractivity contribution in [2.75, 3.05) is 23.4 Å². The summed E-state index contributed by atoms with van der Waals surface area (Å²) in [4.78, 5) is 0. The Morgan fingerprint density at radius 3 is 3.10 bits per heavy atom. The standard InChI is InChI=1S/C15H19BrClNOS/c1-10-6-12(16)14(7-13(10)17)18-11-2-4-19-15(8-11)3-5-20-9-15/h6-7,11,18H,2-5,8-9H2,1H3. The van der Waals surface area contributed by atoms with Crippen molar-refractivity contribution in [1.82, 2.24) is 0 Å². The highest BCUT2D eigenvalue weighted by Gasteiger charge is 2.40. The maximum absolute atomic E-state index is 6.24. The molecule has 1 N–H and O–H groups in total. The van der Waals surface area contributed by atoms with E-state index in [9.17, 15) is 0 Å². The maximum atomic E-state index is 6.24. The van der Waals surface area contributed by atoms with Crippen molar-refractivity contribution in [2.45, 2.75) is 37.8 Å². The molecular formula is C15H19BrClNOS. The van der Waals surface area contributed by atoms with Crippen LogP contribution in [0.3, 0.4) is 0 Å². The van der Waals surface area contributed by atoms with E-state index < -0.39 is 0 Å². The van der Waals surface area contributed by atoms with Gasteiger partial charge in [0.25, 0.3) is 0 Å². The molecule has 110 valence electrons. The molecule has 0 amide bonds. The zero-order valence-electron chi connectivity index (χ0n) is 11.5. The van der Waals surface area contributed by atoms with E-state index in [0.717, 1.165) is 45.9 Å². The molecule has 1 spiro atoms. The number of anilines is 1. The molecule has 2 unspecified atom stereocenters. The van der Waals surface area contributed by atoms with Crippen molar-refractivity contribution in [2.24, 2.45) is 0 Å². The second kappa shape index (κ2) is 6.07. The summed E-state index contributed by atoms with van der Waals surface area (Å²) < 4.78 is 7.15. The van der Waals surface area contributed by atoms with Gasteiger partial charge in [0.05, 0.1) is 11.3 Å². The lowest BCUT2D eigenvalue weighted by Gasteiger charge is -2.38. The van der Waals surface area contributed by atoms with Crippen molar-refractivity contribution in [3.8, 4) is 0 Å². The Hall–Kier alpha value is 0.1000. The molecular weight excluding hydrogens is 358 g/mol. The Morgan fingerprint density at radius 1 is 1.50 bits per heavy atom. The van der Waals surface area contributed by atoms with Gasteiger partial charge in [0, 0.05) is 27.9 Å². The van der Waals surface area contributed by atoms with E-state index in [1.54, 1.807) is 0 Å². The zero-order valence-corrected chi connectivity index (χ0v) is 14.7. The van der Waals surface area contributed by atoms with Gasteiger partial charge in [-0.1, -0.05) is 11.6 Å². The number of benzene rings is 1. The summed E-state index contributed by atoms with van der Waals surface area (Å²) >= 11 is 11.9. The first kappa shape index (κ1) is 15.0. The first-order valence-corrected chi connectivity index (χ1v) is 9.34. The third kappa shape index (κ3) is 3.13. The van der Waals surface area contributed by atoms with E-state index in [4.69, 9.17) is 16.3 Å². The molecule has 2 aliphatic rings. The molecule has 2 heterocycles. The van der Waals surface area contributed by atoms with E-state index in [-0.39, 0.29) is 5.60 Å². The maximum Gasteiger partial charge on any atom is 0.0799 e. The van der Waals surface area contributed by atoms with Gasteiger partial charge in [0.15, 0.2) is 0 Å². The summed E-state index contributed by atoms with van der Waals surface area (Å²) in [6.45, 7) is 2.88. The monoisotopic (exact) mass is 375 g/mol. The number of thioether (sulfide) groups is 1. The quantitative estimate of drug-likeness (QED) is 0.795. The molecule has 3 rings (SSSR count). The summed E-state index contributed by atoms with van der Waals surface area (Å²) in [5, 5.41) is 4.46. The van der Waals surface area contributed by atoms with Crippen LogP contribution in [-0.4, -0.2) is 29.8 Å². The number of hydrogen-bond donors (Lipinski definition) is 1. The van der Waals surface area contributed by atoms with E-state index in [1.807, 2.05) is 24.8 Å². The van der Waals surface area contributed by atoms with Gasteiger partial charge in [0.2, 0.25) is 0 Å². The number of nitrogens with one attached hydrogen (secondary N) is 1. The Bertz CT molecular complexity index is 505. The molecule has 0 saturated carbocycles. The second-order valence-corrected chi connectivity index (χ2v) is 8.12. The van der Waals surface area contributed by atoms with Crippen LogP contribution in [0.2, 0.25) is 5.02 Å². The number of halogens is 2. The van der Waals surface area contributed by atoms with Crippen molar-refractivity contribution in [1.29, 1.82) is 0 Å². The van der Waals surface area contributed by atoms with E-state index in [1.165, 1.54) is 12.2 Å². The second-order valence-electron chi connectivity index (χ2n) is 5.75. The first-order valence-electron chi connectivity index (χ1n) is 7.02. The van der Waals surface area contributed by atoms with Crippen LogP contribution in [0, 0.1) is 6.92 Å². The van der Waals surface area contributed by atoms with Crippen LogP contribution in [0.15, 0.2) is 16.6 Å². The third-order valence-corrected chi connectivity index (χ3v) is 6.45. The molecule has 0 radical (unpaired) electrons. The number of hydrogen-bond acceptors (Lipinski definition) is 3. The largest absolute Gasteiger partial charge is 0.381 e. The molecule has 5 heteroatoms. The molecule has 0 aliphatic carbocycles. The predicted molar refractivity (Wildman–Crippen MR) is 91.2 cm³/mol. The fourth-order valence-corrected chi connectivity index (χ4v) is 5.11. The molecule has 2 saturated heterocycles. The van der Waals surface area contributed by atoms with Crippen molar-refractivity contribution in [3.63, 3.8) is 0 Å². The van der Waals surface area contributed by atoms with Crippen molar-refractivity contribution in [3.05, 3.63) is 27.2 Å². The lowest BCUT2D eigenvalue weighted by atomic mass is 9.90. The smallest absolute Gasteiger partial charge is 0.0799 e. The molecule has 1 aromatic rings. The van der Waals surface area contributed by atoms with Gasteiger partial charge in [-0.25, -0.2) is 0 Å². The normalized spacial score (nSPS) is 29.9. The van der Waals surface area contributed by atoms with Crippen LogP contribution in [0.5, 0.6) is 0 Å². The molecule has 1 aromatic carbocycles. The lowest BCUT2D eigenvalue weighted by Crippen LogP contribution is -2.44. The van der Waals surface area contributed by atoms with Gasteiger partial charge in [-0.3, -0.25) is 0 Å². The van der Waals surface area contributed by atoms with Crippen molar-refractivity contribution >= 4 is 45.0 Å². The predicted octanol–water partition coefficient (Wildman–Crippen LogP) is 4.88. The Kier molecular flexibility index (Phi) is 4.56. The van der Waals surface area contributed by atoms with Crippen LogP contribution in [0.25, 0.3) is 0 Å². The SMILES string of the molecule is Cc1cc(Br)c(NC2CCOC3(CCSC3)C2)cc1Cl. The summed E-state index contributed by atoms with van der Waals surface area (Å²) in [5.74, 6) is 2.37. The zero-order chi connectivity index (χ0) is 14.2. The highest BCUT2D eigenvalue weighted by Crippen LogP contribution is 2.39. The minimum absolute atomic E-state index is 0.113. The molecule has 2 nitrogen and oxygen atoms in total. The van der Waals surface area contributed by atoms with Crippen LogP contribution in [0.1, 0.15) is 24.8 Å². The minimum Gasteiger partial charge on any atom is -0.381 e. The first-order chi connectivity index (χ1) is 9.58. The number of aryl methyl sites for hydroxylation is 1. The van der Waals surface area contributed by atoms with Gasteiger partial charge in [-0.15, -0.1) is 0 Å².